The Labute approximate surface area is 166 Å². The van der Waals surface area contributed by atoms with E-state index in [-0.39, 0.29) is 24.4 Å². The predicted molar refractivity (Wildman–Crippen MR) is 107 cm³/mol. The molecule has 0 amide bonds. The number of rotatable bonds is 7. The summed E-state index contributed by atoms with van der Waals surface area (Å²) in [5.74, 6) is 0.495. The number of nitrogens with zero attached hydrogens (tertiary/aromatic N) is 3. The van der Waals surface area contributed by atoms with E-state index in [1.54, 1.807) is 13.8 Å². The average Bonchev–Trinajstić information content (AvgIpc) is 3.06. The maximum Gasteiger partial charge on any atom is 0.306 e. The molecule has 0 fully saturated rings. The van der Waals surface area contributed by atoms with Crippen molar-refractivity contribution < 1.29 is 9.53 Å². The molecule has 9 heteroatoms. The minimum Gasteiger partial charge on any atom is -0.466 e. The Morgan fingerprint density at radius 2 is 2.14 bits per heavy atom. The number of fused-ring (bicyclic) bond motifs is 1. The van der Waals surface area contributed by atoms with Crippen LogP contribution in [0.2, 0.25) is 5.02 Å². The monoisotopic (exact) mass is 403 g/mol. The van der Waals surface area contributed by atoms with E-state index < -0.39 is 0 Å². The van der Waals surface area contributed by atoms with Crippen molar-refractivity contribution in [2.75, 3.05) is 11.9 Å². The molecule has 2 aromatic heterocycles. The first kappa shape index (κ1) is 19.9. The maximum absolute atomic E-state index is 12.7. The Morgan fingerprint density at radius 1 is 1.36 bits per heavy atom. The highest BCUT2D eigenvalue weighted by Crippen LogP contribution is 2.20. The number of hydrogen-bond acceptors (Lipinski definition) is 6. The first-order chi connectivity index (χ1) is 13.4. The van der Waals surface area contributed by atoms with E-state index >= 15 is 0 Å². The molecule has 0 aliphatic rings. The van der Waals surface area contributed by atoms with Gasteiger partial charge in [0.15, 0.2) is 5.82 Å². The van der Waals surface area contributed by atoms with Crippen LogP contribution in [0, 0.1) is 13.8 Å². The van der Waals surface area contributed by atoms with Crippen LogP contribution in [0.1, 0.15) is 36.0 Å². The summed E-state index contributed by atoms with van der Waals surface area (Å²) in [5, 5.41) is 8.15. The molecule has 0 bridgehead atoms. The van der Waals surface area contributed by atoms with Gasteiger partial charge in [-0.1, -0.05) is 17.7 Å². The minimum absolute atomic E-state index is 0.139. The van der Waals surface area contributed by atoms with Gasteiger partial charge in [0, 0.05) is 28.4 Å². The molecule has 1 aromatic carbocycles. The number of carbonyl (C=O) groups excluding carboxylic acids is 1. The quantitative estimate of drug-likeness (QED) is 0.588. The Morgan fingerprint density at radius 3 is 2.86 bits per heavy atom. The summed E-state index contributed by atoms with van der Waals surface area (Å²) >= 11 is 6.13. The lowest BCUT2D eigenvalue weighted by atomic mass is 10.1. The van der Waals surface area contributed by atoms with Crippen molar-refractivity contribution in [2.45, 2.75) is 40.2 Å². The van der Waals surface area contributed by atoms with Gasteiger partial charge in [-0.2, -0.15) is 9.50 Å². The van der Waals surface area contributed by atoms with Gasteiger partial charge in [-0.15, -0.1) is 5.10 Å². The number of H-pyrrole nitrogens is 1. The predicted octanol–water partition coefficient (Wildman–Crippen LogP) is 2.80. The summed E-state index contributed by atoms with van der Waals surface area (Å²) in [7, 11) is 0. The van der Waals surface area contributed by atoms with Crippen molar-refractivity contribution in [1.82, 2.24) is 19.6 Å². The zero-order chi connectivity index (χ0) is 20.3. The highest BCUT2D eigenvalue weighted by molar-refractivity contribution is 6.31. The van der Waals surface area contributed by atoms with Crippen molar-refractivity contribution in [3.05, 3.63) is 56.2 Å². The van der Waals surface area contributed by atoms with E-state index in [1.165, 1.54) is 4.52 Å². The van der Waals surface area contributed by atoms with Crippen LogP contribution in [-0.4, -0.2) is 32.2 Å². The Bertz CT molecular complexity index is 1070. The van der Waals surface area contributed by atoms with Crippen LogP contribution in [0.25, 0.3) is 5.78 Å². The van der Waals surface area contributed by atoms with E-state index in [0.717, 1.165) is 11.3 Å². The highest BCUT2D eigenvalue weighted by Gasteiger charge is 2.15. The highest BCUT2D eigenvalue weighted by atomic mass is 35.5. The Balaban J connectivity index is 1.79. The van der Waals surface area contributed by atoms with Gasteiger partial charge in [0.1, 0.15) is 0 Å². The molecule has 3 rings (SSSR count). The van der Waals surface area contributed by atoms with E-state index in [1.807, 2.05) is 25.1 Å². The number of esters is 1. The van der Waals surface area contributed by atoms with E-state index in [0.29, 0.717) is 41.0 Å². The molecular formula is C19H22ClN5O3. The maximum atomic E-state index is 12.7. The number of aryl methyl sites for hydroxylation is 2. The molecule has 0 atom stereocenters. The number of anilines is 1. The number of halogens is 1. The minimum atomic E-state index is -0.332. The fourth-order valence-electron chi connectivity index (χ4n) is 2.82. The summed E-state index contributed by atoms with van der Waals surface area (Å²) in [6.45, 7) is 6.12. The SMILES string of the molecule is CCOC(=O)CCc1c(C)[nH]c2nc(CNc3ccc(C)c(Cl)c3)nn2c1=O. The molecule has 0 aliphatic carbocycles. The molecule has 28 heavy (non-hydrogen) atoms. The molecule has 8 nitrogen and oxygen atoms in total. The topological polar surface area (TPSA) is 101 Å². The standard InChI is InChI=1S/C19H22ClN5O3/c1-4-28-17(26)8-7-14-12(3)22-19-23-16(24-25(19)18(14)27)10-21-13-6-5-11(2)15(20)9-13/h5-6,9,21H,4,7-8,10H2,1-3H3,(H,22,23,24). The van der Waals surface area contributed by atoms with Crippen molar-refractivity contribution in [3.8, 4) is 0 Å². The molecule has 0 saturated heterocycles. The van der Waals surface area contributed by atoms with Crippen LogP contribution in [0.3, 0.4) is 0 Å². The fourth-order valence-corrected chi connectivity index (χ4v) is 3.00. The number of ether oxygens (including phenoxy) is 1. The van der Waals surface area contributed by atoms with Crippen molar-refractivity contribution in [3.63, 3.8) is 0 Å². The van der Waals surface area contributed by atoms with Gasteiger partial charge in [-0.25, -0.2) is 0 Å². The second-order valence-electron chi connectivity index (χ2n) is 6.42. The summed E-state index contributed by atoms with van der Waals surface area (Å²) in [4.78, 5) is 31.8. The van der Waals surface area contributed by atoms with Crippen molar-refractivity contribution >= 4 is 29.0 Å². The zero-order valence-corrected chi connectivity index (χ0v) is 16.8. The van der Waals surface area contributed by atoms with E-state index in [2.05, 4.69) is 20.4 Å². The molecule has 0 radical (unpaired) electrons. The molecule has 0 saturated carbocycles. The van der Waals surface area contributed by atoms with Gasteiger partial charge in [0.05, 0.1) is 13.2 Å². The number of benzene rings is 1. The summed E-state index contributed by atoms with van der Waals surface area (Å²) in [5.41, 5.74) is 2.71. The van der Waals surface area contributed by atoms with Gasteiger partial charge in [0.2, 0.25) is 5.78 Å². The van der Waals surface area contributed by atoms with Gasteiger partial charge in [0.25, 0.3) is 5.56 Å². The Hall–Kier alpha value is -2.87. The zero-order valence-electron chi connectivity index (χ0n) is 16.0. The normalized spacial score (nSPS) is 11.0. The molecule has 0 aliphatic heterocycles. The molecule has 148 valence electrons. The lowest BCUT2D eigenvalue weighted by molar-refractivity contribution is -0.143. The van der Waals surface area contributed by atoms with Crippen LogP contribution in [-0.2, 0) is 22.5 Å². The van der Waals surface area contributed by atoms with Crippen LogP contribution >= 0.6 is 11.6 Å². The van der Waals surface area contributed by atoms with Gasteiger partial charge < -0.3 is 15.0 Å². The Kier molecular flexibility index (Phi) is 5.99. The third-order valence-corrected chi connectivity index (χ3v) is 4.77. The number of nitrogens with one attached hydrogen (secondary N) is 2. The summed E-state index contributed by atoms with van der Waals surface area (Å²) in [6, 6.07) is 5.67. The number of hydrogen-bond donors (Lipinski definition) is 2. The molecule has 2 heterocycles. The van der Waals surface area contributed by atoms with E-state index in [4.69, 9.17) is 16.3 Å². The lowest BCUT2D eigenvalue weighted by Gasteiger charge is -2.05. The van der Waals surface area contributed by atoms with Gasteiger partial charge >= 0.3 is 5.97 Å². The smallest absolute Gasteiger partial charge is 0.306 e. The molecule has 3 aromatic rings. The van der Waals surface area contributed by atoms with Gasteiger partial charge in [-0.3, -0.25) is 9.59 Å². The average molecular weight is 404 g/mol. The fraction of sp³-hybridized carbons (Fsp3) is 0.368. The van der Waals surface area contributed by atoms with Crippen LogP contribution in [0.4, 0.5) is 5.69 Å². The van der Waals surface area contributed by atoms with Crippen molar-refractivity contribution in [2.24, 2.45) is 0 Å². The number of carbonyl (C=O) groups is 1. The van der Waals surface area contributed by atoms with Crippen LogP contribution in [0.5, 0.6) is 0 Å². The number of aromatic amines is 1. The first-order valence-corrected chi connectivity index (χ1v) is 9.40. The van der Waals surface area contributed by atoms with Crippen molar-refractivity contribution in [1.29, 1.82) is 0 Å². The third-order valence-electron chi connectivity index (χ3n) is 4.36. The molecule has 2 N–H and O–H groups in total. The second kappa shape index (κ2) is 8.43. The van der Waals surface area contributed by atoms with Crippen LogP contribution in [0.15, 0.2) is 23.0 Å². The van der Waals surface area contributed by atoms with Gasteiger partial charge in [-0.05, 0) is 44.9 Å². The van der Waals surface area contributed by atoms with Crippen LogP contribution < -0.4 is 10.9 Å². The first-order valence-electron chi connectivity index (χ1n) is 9.02. The molecule has 0 spiro atoms. The second-order valence-corrected chi connectivity index (χ2v) is 6.83. The summed E-state index contributed by atoms with van der Waals surface area (Å²) in [6.07, 6.45) is 0.422. The largest absolute Gasteiger partial charge is 0.466 e. The van der Waals surface area contributed by atoms with E-state index in [9.17, 15) is 9.59 Å². The molecule has 0 unspecified atom stereocenters. The number of aromatic nitrogens is 4. The third kappa shape index (κ3) is 4.33. The summed E-state index contributed by atoms with van der Waals surface area (Å²) < 4.78 is 6.15. The molecular weight excluding hydrogens is 382 g/mol. The lowest BCUT2D eigenvalue weighted by Crippen LogP contribution is -2.23.